The Labute approximate surface area is 79.9 Å². The van der Waals surface area contributed by atoms with E-state index in [0.717, 1.165) is 5.75 Å². The lowest BCUT2D eigenvalue weighted by Crippen LogP contribution is -2.10. The van der Waals surface area contributed by atoms with E-state index in [1.54, 1.807) is 0 Å². The number of ether oxygens (including phenoxy) is 1. The molecule has 2 nitrogen and oxygen atoms in total. The van der Waals surface area contributed by atoms with Gasteiger partial charge in [0.25, 0.3) is 0 Å². The predicted octanol–water partition coefficient (Wildman–Crippen LogP) is 1.63. The van der Waals surface area contributed by atoms with E-state index < -0.39 is 0 Å². The fourth-order valence-electron chi connectivity index (χ4n) is 0.708. The normalized spacial score (nSPS) is 9.64. The van der Waals surface area contributed by atoms with Gasteiger partial charge >= 0.3 is 0 Å². The van der Waals surface area contributed by atoms with Gasteiger partial charge < -0.3 is 10.5 Å². The molecule has 2 N–H and O–H groups in total. The van der Waals surface area contributed by atoms with Crippen molar-refractivity contribution in [3.8, 4) is 5.75 Å². The maximum atomic E-state index is 5.28. The average Bonchev–Trinajstić information content (AvgIpc) is 2.04. The van der Waals surface area contributed by atoms with Crippen LogP contribution in [0.15, 0.2) is 24.3 Å². The van der Waals surface area contributed by atoms with Gasteiger partial charge in [0.1, 0.15) is 12.4 Å². The first-order valence-electron chi connectivity index (χ1n) is 3.41. The molecular formula is C8H10INO. The van der Waals surface area contributed by atoms with Gasteiger partial charge in [0.15, 0.2) is 0 Å². The summed E-state index contributed by atoms with van der Waals surface area (Å²) >= 11 is 2.25. The van der Waals surface area contributed by atoms with Crippen LogP contribution >= 0.6 is 22.6 Å². The molecule has 0 amide bonds. The Balaban J connectivity index is 2.52. The quantitative estimate of drug-likeness (QED) is 0.841. The highest BCUT2D eigenvalue weighted by Gasteiger charge is 1.90. The van der Waals surface area contributed by atoms with Crippen molar-refractivity contribution in [2.75, 3.05) is 13.2 Å². The van der Waals surface area contributed by atoms with E-state index >= 15 is 0 Å². The largest absolute Gasteiger partial charge is 0.492 e. The maximum Gasteiger partial charge on any atom is 0.119 e. The summed E-state index contributed by atoms with van der Waals surface area (Å²) in [6.45, 7) is 1.15. The van der Waals surface area contributed by atoms with Crippen molar-refractivity contribution < 1.29 is 4.74 Å². The molecule has 0 radical (unpaired) electrons. The molecule has 0 heterocycles. The second kappa shape index (κ2) is 4.56. The van der Waals surface area contributed by atoms with Crippen LogP contribution in [0.4, 0.5) is 0 Å². The zero-order valence-electron chi connectivity index (χ0n) is 6.09. The van der Waals surface area contributed by atoms with Crippen molar-refractivity contribution in [2.24, 2.45) is 5.73 Å². The van der Waals surface area contributed by atoms with E-state index in [1.807, 2.05) is 24.3 Å². The standard InChI is InChI=1S/C8H10INO/c9-7-1-3-8(4-2-7)11-6-5-10/h1-4H,5-6,10H2. The van der Waals surface area contributed by atoms with Gasteiger partial charge in [-0.15, -0.1) is 0 Å². The van der Waals surface area contributed by atoms with Gasteiger partial charge in [0.05, 0.1) is 0 Å². The molecule has 1 rings (SSSR count). The molecule has 3 heteroatoms. The van der Waals surface area contributed by atoms with Gasteiger partial charge in [0, 0.05) is 10.1 Å². The molecule has 1 aromatic rings. The van der Waals surface area contributed by atoms with Crippen molar-refractivity contribution in [2.45, 2.75) is 0 Å². The molecule has 0 aliphatic rings. The molecule has 11 heavy (non-hydrogen) atoms. The van der Waals surface area contributed by atoms with Crippen LogP contribution in [0.1, 0.15) is 0 Å². The van der Waals surface area contributed by atoms with Crippen LogP contribution in [-0.4, -0.2) is 13.2 Å². The molecule has 0 aliphatic heterocycles. The number of hydrogen-bond acceptors (Lipinski definition) is 2. The molecule has 0 atom stereocenters. The monoisotopic (exact) mass is 263 g/mol. The summed E-state index contributed by atoms with van der Waals surface area (Å²) < 4.78 is 6.49. The molecule has 0 saturated carbocycles. The summed E-state index contributed by atoms with van der Waals surface area (Å²) in [4.78, 5) is 0. The maximum absolute atomic E-state index is 5.28. The molecule has 1 aromatic carbocycles. The topological polar surface area (TPSA) is 35.2 Å². The molecule has 0 fully saturated rings. The van der Waals surface area contributed by atoms with E-state index in [2.05, 4.69) is 22.6 Å². The summed E-state index contributed by atoms with van der Waals surface area (Å²) in [5, 5.41) is 0. The molecule has 0 unspecified atom stereocenters. The molecule has 0 spiro atoms. The highest BCUT2D eigenvalue weighted by atomic mass is 127. The molecule has 0 saturated heterocycles. The number of nitrogens with two attached hydrogens (primary N) is 1. The highest BCUT2D eigenvalue weighted by molar-refractivity contribution is 14.1. The minimum absolute atomic E-state index is 0.561. The van der Waals surface area contributed by atoms with Gasteiger partial charge in [-0.05, 0) is 46.9 Å². The minimum Gasteiger partial charge on any atom is -0.492 e. The first-order chi connectivity index (χ1) is 5.33. The number of halogens is 1. The van der Waals surface area contributed by atoms with Crippen LogP contribution in [0.5, 0.6) is 5.75 Å². The van der Waals surface area contributed by atoms with Crippen LogP contribution in [0.25, 0.3) is 0 Å². The lowest BCUT2D eigenvalue weighted by molar-refractivity contribution is 0.328. The molecular weight excluding hydrogens is 253 g/mol. The lowest BCUT2D eigenvalue weighted by Gasteiger charge is -2.02. The van der Waals surface area contributed by atoms with E-state index in [-0.39, 0.29) is 0 Å². The SMILES string of the molecule is NCCOc1ccc(I)cc1. The predicted molar refractivity (Wildman–Crippen MR) is 53.7 cm³/mol. The van der Waals surface area contributed by atoms with Crippen molar-refractivity contribution >= 4 is 22.6 Å². The average molecular weight is 263 g/mol. The Morgan fingerprint density at radius 3 is 2.45 bits per heavy atom. The number of benzene rings is 1. The van der Waals surface area contributed by atoms with Crippen LogP contribution in [0.2, 0.25) is 0 Å². The van der Waals surface area contributed by atoms with Crippen LogP contribution < -0.4 is 10.5 Å². The minimum atomic E-state index is 0.561. The molecule has 0 aromatic heterocycles. The number of hydrogen-bond donors (Lipinski definition) is 1. The summed E-state index contributed by atoms with van der Waals surface area (Å²) in [7, 11) is 0. The van der Waals surface area contributed by atoms with E-state index in [4.69, 9.17) is 10.5 Å². The van der Waals surface area contributed by atoms with Crippen LogP contribution in [-0.2, 0) is 0 Å². The second-order valence-corrected chi connectivity index (χ2v) is 3.34. The third-order valence-corrected chi connectivity index (χ3v) is 1.92. The lowest BCUT2D eigenvalue weighted by atomic mass is 10.3. The summed E-state index contributed by atoms with van der Waals surface area (Å²) in [6.07, 6.45) is 0. The third kappa shape index (κ3) is 3.07. The smallest absolute Gasteiger partial charge is 0.119 e. The van der Waals surface area contributed by atoms with Gasteiger partial charge in [-0.25, -0.2) is 0 Å². The zero-order valence-corrected chi connectivity index (χ0v) is 8.24. The van der Waals surface area contributed by atoms with Gasteiger partial charge in [-0.3, -0.25) is 0 Å². The Hall–Kier alpha value is -0.290. The third-order valence-electron chi connectivity index (χ3n) is 1.20. The van der Waals surface area contributed by atoms with Gasteiger partial charge in [0.2, 0.25) is 0 Å². The molecule has 60 valence electrons. The molecule has 0 aliphatic carbocycles. The first kappa shape index (κ1) is 8.80. The van der Waals surface area contributed by atoms with Crippen LogP contribution in [0.3, 0.4) is 0 Å². The van der Waals surface area contributed by atoms with Crippen molar-refractivity contribution in [1.29, 1.82) is 0 Å². The zero-order chi connectivity index (χ0) is 8.10. The second-order valence-electron chi connectivity index (χ2n) is 2.09. The van der Waals surface area contributed by atoms with Gasteiger partial charge in [-0.2, -0.15) is 0 Å². The Kier molecular flexibility index (Phi) is 3.65. The van der Waals surface area contributed by atoms with Crippen molar-refractivity contribution in [3.63, 3.8) is 0 Å². The summed E-state index contributed by atoms with van der Waals surface area (Å²) in [5.74, 6) is 0.885. The first-order valence-corrected chi connectivity index (χ1v) is 4.49. The van der Waals surface area contributed by atoms with E-state index in [0.29, 0.717) is 13.2 Å². The summed E-state index contributed by atoms with van der Waals surface area (Å²) in [5.41, 5.74) is 5.28. The Morgan fingerprint density at radius 1 is 1.27 bits per heavy atom. The van der Waals surface area contributed by atoms with E-state index in [9.17, 15) is 0 Å². The highest BCUT2D eigenvalue weighted by Crippen LogP contribution is 2.12. The Morgan fingerprint density at radius 2 is 1.91 bits per heavy atom. The fourth-order valence-corrected chi connectivity index (χ4v) is 1.07. The van der Waals surface area contributed by atoms with Gasteiger partial charge in [-0.1, -0.05) is 0 Å². The van der Waals surface area contributed by atoms with Crippen LogP contribution in [0, 0.1) is 3.57 Å². The Bertz CT molecular complexity index is 210. The van der Waals surface area contributed by atoms with E-state index in [1.165, 1.54) is 3.57 Å². The van der Waals surface area contributed by atoms with Crippen molar-refractivity contribution in [1.82, 2.24) is 0 Å². The summed E-state index contributed by atoms with van der Waals surface area (Å²) in [6, 6.07) is 7.90. The fraction of sp³-hybridized carbons (Fsp3) is 0.250. The molecule has 0 bridgehead atoms. The van der Waals surface area contributed by atoms with Crippen molar-refractivity contribution in [3.05, 3.63) is 27.8 Å². The number of rotatable bonds is 3.